The number of amidine groups is 1. The monoisotopic (exact) mass is 320 g/mol. The number of nitrogens with one attached hydrogen (secondary N) is 1. The fourth-order valence-corrected chi connectivity index (χ4v) is 2.86. The molecule has 3 aromatic rings. The second-order valence-corrected chi connectivity index (χ2v) is 5.53. The van der Waals surface area contributed by atoms with Gasteiger partial charge in [-0.1, -0.05) is 48.5 Å². The molecule has 0 spiro atoms. The molecule has 5 heteroatoms. The van der Waals surface area contributed by atoms with Gasteiger partial charge in [0.2, 0.25) is 5.28 Å². The van der Waals surface area contributed by atoms with Crippen LogP contribution in [0.3, 0.4) is 0 Å². The summed E-state index contributed by atoms with van der Waals surface area (Å²) in [7, 11) is 0. The summed E-state index contributed by atoms with van der Waals surface area (Å²) < 4.78 is 0. The van der Waals surface area contributed by atoms with Crippen LogP contribution in [0.2, 0.25) is 5.28 Å². The number of fused-ring (bicyclic) bond motifs is 1. The quantitative estimate of drug-likeness (QED) is 0.698. The minimum Gasteiger partial charge on any atom is -0.328 e. The van der Waals surface area contributed by atoms with E-state index in [0.29, 0.717) is 5.82 Å². The average Bonchev–Trinajstić information content (AvgIpc) is 3.08. The zero-order valence-corrected chi connectivity index (χ0v) is 13.0. The molecule has 0 saturated heterocycles. The van der Waals surface area contributed by atoms with Gasteiger partial charge >= 0.3 is 0 Å². The Morgan fingerprint density at radius 1 is 0.957 bits per heavy atom. The molecule has 0 bridgehead atoms. The van der Waals surface area contributed by atoms with Crippen molar-refractivity contribution in [3.63, 3.8) is 0 Å². The standard InChI is InChI=1S/C18H13ClN4/c19-18-21-14-9-4-8-13(12-6-2-1-3-7-12)16(14)17(23-18)22-15-10-5-11-20-15/h1-9,11H,10H2,(H,20,21,22,23). The van der Waals surface area contributed by atoms with Crippen LogP contribution in [0.4, 0.5) is 5.82 Å². The van der Waals surface area contributed by atoms with Gasteiger partial charge in [-0.05, 0) is 28.8 Å². The molecular formula is C18H13ClN4. The van der Waals surface area contributed by atoms with Crippen LogP contribution in [0.25, 0.3) is 22.0 Å². The Morgan fingerprint density at radius 2 is 1.83 bits per heavy atom. The Labute approximate surface area is 138 Å². The second-order valence-electron chi connectivity index (χ2n) is 5.20. The van der Waals surface area contributed by atoms with Crippen LogP contribution < -0.4 is 5.32 Å². The first kappa shape index (κ1) is 13.9. The van der Waals surface area contributed by atoms with Gasteiger partial charge in [0.15, 0.2) is 0 Å². The maximum Gasteiger partial charge on any atom is 0.224 e. The van der Waals surface area contributed by atoms with Crippen LogP contribution in [-0.2, 0) is 0 Å². The lowest BCUT2D eigenvalue weighted by Gasteiger charge is -2.12. The molecule has 0 fully saturated rings. The number of aromatic nitrogens is 2. The van der Waals surface area contributed by atoms with Crippen LogP contribution in [0.1, 0.15) is 6.42 Å². The lowest BCUT2D eigenvalue weighted by atomic mass is 10.0. The number of hydrogen-bond acceptors (Lipinski definition) is 4. The van der Waals surface area contributed by atoms with Crippen molar-refractivity contribution in [1.82, 2.24) is 9.97 Å². The highest BCUT2D eigenvalue weighted by Crippen LogP contribution is 2.33. The number of halogens is 1. The Hall–Kier alpha value is -2.72. The van der Waals surface area contributed by atoms with Crippen molar-refractivity contribution >= 4 is 34.2 Å². The maximum absolute atomic E-state index is 6.09. The normalized spacial score (nSPS) is 13.3. The van der Waals surface area contributed by atoms with Crippen molar-refractivity contribution in [2.75, 3.05) is 5.32 Å². The largest absolute Gasteiger partial charge is 0.328 e. The number of nitrogens with zero attached hydrogens (tertiary/aromatic N) is 3. The van der Waals surface area contributed by atoms with Crippen molar-refractivity contribution in [1.29, 1.82) is 0 Å². The topological polar surface area (TPSA) is 50.2 Å². The summed E-state index contributed by atoms with van der Waals surface area (Å²) in [5.74, 6) is 1.53. The molecule has 1 N–H and O–H groups in total. The van der Waals surface area contributed by atoms with Crippen LogP contribution >= 0.6 is 11.6 Å². The van der Waals surface area contributed by atoms with Gasteiger partial charge in [0.05, 0.1) is 10.9 Å². The van der Waals surface area contributed by atoms with Crippen LogP contribution in [0, 0.1) is 0 Å². The minimum absolute atomic E-state index is 0.219. The summed E-state index contributed by atoms with van der Waals surface area (Å²) in [6.07, 6.45) is 4.54. The number of anilines is 1. The van der Waals surface area contributed by atoms with Gasteiger partial charge in [0.1, 0.15) is 11.7 Å². The van der Waals surface area contributed by atoms with E-state index in [1.54, 1.807) is 6.20 Å². The van der Waals surface area contributed by atoms with E-state index in [1.807, 2.05) is 36.4 Å². The fourth-order valence-electron chi connectivity index (χ4n) is 2.68. The predicted octanol–water partition coefficient (Wildman–Crippen LogP) is 4.68. The Kier molecular flexibility index (Phi) is 3.52. The summed E-state index contributed by atoms with van der Waals surface area (Å²) in [5.41, 5.74) is 2.98. The van der Waals surface area contributed by atoms with E-state index >= 15 is 0 Å². The molecule has 2 aromatic carbocycles. The van der Waals surface area contributed by atoms with Crippen molar-refractivity contribution in [2.45, 2.75) is 6.42 Å². The van der Waals surface area contributed by atoms with Gasteiger partial charge in [-0.2, -0.15) is 4.98 Å². The Morgan fingerprint density at radius 3 is 2.61 bits per heavy atom. The van der Waals surface area contributed by atoms with Gasteiger partial charge in [-0.25, -0.2) is 9.98 Å². The molecule has 0 atom stereocenters. The van der Waals surface area contributed by atoms with Gasteiger partial charge < -0.3 is 5.32 Å². The molecular weight excluding hydrogens is 308 g/mol. The first-order valence-electron chi connectivity index (χ1n) is 7.32. The fraction of sp³-hybridized carbons (Fsp3) is 0.0556. The molecule has 1 aliphatic heterocycles. The SMILES string of the molecule is Clc1nc(NC2=NC=CC2)c2c(-c3ccccc3)cccc2n1. The van der Waals surface area contributed by atoms with E-state index in [1.165, 1.54) is 0 Å². The van der Waals surface area contributed by atoms with Crippen LogP contribution in [-0.4, -0.2) is 15.8 Å². The number of aliphatic imine (C=N–C) groups is 1. The van der Waals surface area contributed by atoms with E-state index in [2.05, 4.69) is 38.5 Å². The zero-order valence-electron chi connectivity index (χ0n) is 12.2. The number of rotatable bonds is 2. The van der Waals surface area contributed by atoms with E-state index in [0.717, 1.165) is 34.3 Å². The van der Waals surface area contributed by atoms with E-state index in [9.17, 15) is 0 Å². The average molecular weight is 321 g/mol. The lowest BCUT2D eigenvalue weighted by molar-refractivity contribution is 1.22. The Balaban J connectivity index is 1.93. The van der Waals surface area contributed by atoms with Gasteiger partial charge in [-0.15, -0.1) is 0 Å². The van der Waals surface area contributed by atoms with E-state index < -0.39 is 0 Å². The van der Waals surface area contributed by atoms with Gasteiger partial charge in [0.25, 0.3) is 0 Å². The molecule has 0 amide bonds. The third-order valence-electron chi connectivity index (χ3n) is 3.69. The smallest absolute Gasteiger partial charge is 0.224 e. The molecule has 4 rings (SSSR count). The summed E-state index contributed by atoms with van der Waals surface area (Å²) >= 11 is 6.09. The highest BCUT2D eigenvalue weighted by Gasteiger charge is 2.14. The highest BCUT2D eigenvalue weighted by atomic mass is 35.5. The maximum atomic E-state index is 6.09. The van der Waals surface area contributed by atoms with Gasteiger partial charge in [0, 0.05) is 12.6 Å². The van der Waals surface area contributed by atoms with Crippen molar-refractivity contribution in [2.24, 2.45) is 4.99 Å². The first-order valence-corrected chi connectivity index (χ1v) is 7.69. The summed E-state index contributed by atoms with van der Waals surface area (Å²) in [5, 5.41) is 4.45. The second kappa shape index (κ2) is 5.82. The molecule has 112 valence electrons. The molecule has 4 nitrogen and oxygen atoms in total. The molecule has 23 heavy (non-hydrogen) atoms. The molecule has 0 radical (unpaired) electrons. The van der Waals surface area contributed by atoms with Crippen molar-refractivity contribution in [3.05, 3.63) is 66.1 Å². The summed E-state index contributed by atoms with van der Waals surface area (Å²) in [4.78, 5) is 13.0. The first-order chi connectivity index (χ1) is 11.3. The number of hydrogen-bond donors (Lipinski definition) is 1. The third-order valence-corrected chi connectivity index (χ3v) is 3.86. The van der Waals surface area contributed by atoms with Gasteiger partial charge in [-0.3, -0.25) is 0 Å². The predicted molar refractivity (Wildman–Crippen MR) is 94.8 cm³/mol. The van der Waals surface area contributed by atoms with Crippen molar-refractivity contribution in [3.8, 4) is 11.1 Å². The van der Waals surface area contributed by atoms with Crippen LogP contribution in [0.15, 0.2) is 65.8 Å². The molecule has 0 aliphatic carbocycles. The molecule has 2 heterocycles. The highest BCUT2D eigenvalue weighted by molar-refractivity contribution is 6.29. The molecule has 1 aromatic heterocycles. The minimum atomic E-state index is 0.219. The van der Waals surface area contributed by atoms with Crippen molar-refractivity contribution < 1.29 is 0 Å². The molecule has 0 unspecified atom stereocenters. The number of benzene rings is 2. The third kappa shape index (κ3) is 2.69. The summed E-state index contributed by atoms with van der Waals surface area (Å²) in [6, 6.07) is 16.2. The summed E-state index contributed by atoms with van der Waals surface area (Å²) in [6.45, 7) is 0. The molecule has 0 saturated carbocycles. The molecule has 1 aliphatic rings. The lowest BCUT2D eigenvalue weighted by Crippen LogP contribution is -2.11. The zero-order chi connectivity index (χ0) is 15.6. The van der Waals surface area contributed by atoms with Crippen LogP contribution in [0.5, 0.6) is 0 Å². The Bertz CT molecular complexity index is 932. The van der Waals surface area contributed by atoms with E-state index in [-0.39, 0.29) is 5.28 Å². The van der Waals surface area contributed by atoms with E-state index in [4.69, 9.17) is 11.6 Å².